The average Bonchev–Trinajstić information content (AvgIpc) is 2.97. The number of ether oxygens (including phenoxy) is 1. The van der Waals surface area contributed by atoms with E-state index in [9.17, 15) is 4.79 Å². The number of nitrogens with one attached hydrogen (secondary N) is 1. The Hall–Kier alpha value is -2.46. The molecule has 0 bridgehead atoms. The third-order valence-electron chi connectivity index (χ3n) is 3.44. The Kier molecular flexibility index (Phi) is 4.53. The first kappa shape index (κ1) is 15.4. The zero-order valence-electron chi connectivity index (χ0n) is 12.6. The lowest BCUT2D eigenvalue weighted by molar-refractivity contribution is 0.222. The predicted octanol–water partition coefficient (Wildman–Crippen LogP) is 4.30. The van der Waals surface area contributed by atoms with E-state index < -0.39 is 0 Å². The molecule has 1 heterocycles. The molecule has 0 aliphatic rings. The molecule has 0 spiro atoms. The number of halogens is 1. The van der Waals surface area contributed by atoms with Crippen LogP contribution in [0.1, 0.15) is 12.5 Å². The molecule has 0 saturated carbocycles. The van der Waals surface area contributed by atoms with Gasteiger partial charge in [0.1, 0.15) is 5.75 Å². The molecule has 5 heteroatoms. The summed E-state index contributed by atoms with van der Waals surface area (Å²) in [5.41, 5.74) is 1.76. The van der Waals surface area contributed by atoms with E-state index in [1.807, 2.05) is 55.5 Å². The van der Waals surface area contributed by atoms with Crippen LogP contribution in [0.3, 0.4) is 0 Å². The summed E-state index contributed by atoms with van der Waals surface area (Å²) in [4.78, 5) is 11.1. The molecule has 0 aliphatic heterocycles. The van der Waals surface area contributed by atoms with Crippen molar-refractivity contribution in [1.29, 1.82) is 0 Å². The molecule has 0 radical (unpaired) electrons. The minimum Gasteiger partial charge on any atom is -0.490 e. The normalized spacial score (nSPS) is 12.1. The van der Waals surface area contributed by atoms with Gasteiger partial charge in [-0.3, -0.25) is 4.79 Å². The van der Waals surface area contributed by atoms with Crippen LogP contribution >= 0.6 is 11.6 Å². The van der Waals surface area contributed by atoms with Crippen molar-refractivity contribution in [3.63, 3.8) is 0 Å². The van der Waals surface area contributed by atoms with Gasteiger partial charge >= 0.3 is 0 Å². The number of aromatic nitrogens is 1. The highest BCUT2D eigenvalue weighted by molar-refractivity contribution is 6.30. The molecule has 1 N–H and O–H groups in total. The van der Waals surface area contributed by atoms with Crippen LogP contribution in [0.15, 0.2) is 63.9 Å². The van der Waals surface area contributed by atoms with Crippen molar-refractivity contribution >= 4 is 11.6 Å². The molecule has 0 saturated heterocycles. The van der Waals surface area contributed by atoms with Gasteiger partial charge in [-0.15, -0.1) is 0 Å². The Morgan fingerprint density at radius 3 is 2.43 bits per heavy atom. The van der Waals surface area contributed by atoms with Crippen LogP contribution in [0.2, 0.25) is 5.02 Å². The molecule has 2 aromatic carbocycles. The number of aromatic amines is 1. The Labute approximate surface area is 138 Å². The molecule has 23 heavy (non-hydrogen) atoms. The molecular formula is C18H16ClNO3. The SMILES string of the molecule is CC(Cc1ccc(-c2cc(=O)[nH]o2)cc1)Oc1ccc(Cl)cc1. The van der Waals surface area contributed by atoms with Gasteiger partial charge in [0.05, 0.1) is 12.2 Å². The molecule has 0 amide bonds. The second-order valence-electron chi connectivity index (χ2n) is 5.36. The lowest BCUT2D eigenvalue weighted by Gasteiger charge is -2.15. The van der Waals surface area contributed by atoms with Gasteiger partial charge < -0.3 is 9.26 Å². The van der Waals surface area contributed by atoms with Gasteiger partial charge in [0, 0.05) is 17.0 Å². The van der Waals surface area contributed by atoms with Crippen LogP contribution in [0.5, 0.6) is 5.75 Å². The highest BCUT2D eigenvalue weighted by Crippen LogP contribution is 2.20. The first-order chi connectivity index (χ1) is 11.1. The lowest BCUT2D eigenvalue weighted by atomic mass is 10.1. The van der Waals surface area contributed by atoms with Crippen LogP contribution in [-0.2, 0) is 6.42 Å². The van der Waals surface area contributed by atoms with E-state index in [2.05, 4.69) is 5.16 Å². The van der Waals surface area contributed by atoms with Gasteiger partial charge in [-0.2, -0.15) is 5.16 Å². The minimum atomic E-state index is -0.242. The van der Waals surface area contributed by atoms with E-state index in [1.54, 1.807) is 0 Å². The Balaban J connectivity index is 1.63. The summed E-state index contributed by atoms with van der Waals surface area (Å²) in [6, 6.07) is 16.6. The summed E-state index contributed by atoms with van der Waals surface area (Å²) in [6.07, 6.45) is 0.812. The van der Waals surface area contributed by atoms with E-state index >= 15 is 0 Å². The molecule has 3 aromatic rings. The second kappa shape index (κ2) is 6.75. The van der Waals surface area contributed by atoms with Crippen molar-refractivity contribution in [2.24, 2.45) is 0 Å². The number of benzene rings is 2. The highest BCUT2D eigenvalue weighted by atomic mass is 35.5. The number of hydrogen-bond donors (Lipinski definition) is 1. The summed E-state index contributed by atoms with van der Waals surface area (Å²) >= 11 is 5.86. The topological polar surface area (TPSA) is 55.2 Å². The maximum Gasteiger partial charge on any atom is 0.280 e. The third kappa shape index (κ3) is 4.05. The quantitative estimate of drug-likeness (QED) is 0.759. The monoisotopic (exact) mass is 329 g/mol. The third-order valence-corrected chi connectivity index (χ3v) is 3.69. The molecule has 1 unspecified atom stereocenters. The van der Waals surface area contributed by atoms with Crippen LogP contribution in [0.25, 0.3) is 11.3 Å². The van der Waals surface area contributed by atoms with E-state index in [0.717, 1.165) is 23.3 Å². The fourth-order valence-corrected chi connectivity index (χ4v) is 2.48. The fourth-order valence-electron chi connectivity index (χ4n) is 2.35. The van der Waals surface area contributed by atoms with Crippen molar-refractivity contribution in [3.8, 4) is 17.1 Å². The predicted molar refractivity (Wildman–Crippen MR) is 90.0 cm³/mol. The van der Waals surface area contributed by atoms with E-state index in [4.69, 9.17) is 20.9 Å². The van der Waals surface area contributed by atoms with Gasteiger partial charge in [0.25, 0.3) is 5.56 Å². The van der Waals surface area contributed by atoms with Crippen molar-refractivity contribution in [2.75, 3.05) is 0 Å². The first-order valence-electron chi connectivity index (χ1n) is 7.30. The Bertz CT molecular complexity index is 818. The molecule has 0 aliphatic carbocycles. The van der Waals surface area contributed by atoms with Crippen molar-refractivity contribution < 1.29 is 9.26 Å². The van der Waals surface area contributed by atoms with E-state index in [0.29, 0.717) is 10.8 Å². The van der Waals surface area contributed by atoms with Gasteiger partial charge in [0.15, 0.2) is 5.76 Å². The summed E-state index contributed by atoms with van der Waals surface area (Å²) < 4.78 is 11.0. The smallest absolute Gasteiger partial charge is 0.280 e. The standard InChI is InChI=1S/C18H16ClNO3/c1-12(22-16-8-6-15(19)7-9-16)10-13-2-4-14(5-3-13)17-11-18(21)20-23-17/h2-9,11-12H,10H2,1H3,(H,20,21). The summed E-state index contributed by atoms with van der Waals surface area (Å²) in [5, 5.41) is 2.98. The second-order valence-corrected chi connectivity index (χ2v) is 5.80. The zero-order chi connectivity index (χ0) is 16.2. The zero-order valence-corrected chi connectivity index (χ0v) is 13.3. The van der Waals surface area contributed by atoms with Crippen molar-refractivity contribution in [3.05, 3.63) is 75.5 Å². The van der Waals surface area contributed by atoms with Crippen molar-refractivity contribution in [1.82, 2.24) is 5.16 Å². The van der Waals surface area contributed by atoms with Gasteiger partial charge in [-0.1, -0.05) is 35.9 Å². The lowest BCUT2D eigenvalue weighted by Crippen LogP contribution is -2.14. The molecule has 0 fully saturated rings. The van der Waals surface area contributed by atoms with Crippen molar-refractivity contribution in [2.45, 2.75) is 19.4 Å². The number of H-pyrrole nitrogens is 1. The number of rotatable bonds is 5. The number of hydrogen-bond acceptors (Lipinski definition) is 3. The van der Waals surface area contributed by atoms with Crippen LogP contribution in [0, 0.1) is 0 Å². The molecule has 118 valence electrons. The summed E-state index contributed by atoms with van der Waals surface area (Å²) in [5.74, 6) is 1.33. The molecule has 1 atom stereocenters. The Morgan fingerprint density at radius 2 is 1.83 bits per heavy atom. The van der Waals surface area contributed by atoms with Crippen LogP contribution in [-0.4, -0.2) is 11.3 Å². The van der Waals surface area contributed by atoms with Gasteiger partial charge in [-0.25, -0.2) is 0 Å². The maximum absolute atomic E-state index is 11.1. The van der Waals surface area contributed by atoms with E-state index in [1.165, 1.54) is 6.07 Å². The van der Waals surface area contributed by atoms with Gasteiger partial charge in [0.2, 0.25) is 0 Å². The Morgan fingerprint density at radius 1 is 1.13 bits per heavy atom. The highest BCUT2D eigenvalue weighted by Gasteiger charge is 2.08. The maximum atomic E-state index is 11.1. The van der Waals surface area contributed by atoms with E-state index in [-0.39, 0.29) is 11.7 Å². The first-order valence-corrected chi connectivity index (χ1v) is 7.68. The minimum absolute atomic E-state index is 0.0345. The fraction of sp³-hybridized carbons (Fsp3) is 0.167. The molecule has 3 rings (SSSR count). The largest absolute Gasteiger partial charge is 0.490 e. The summed E-state index contributed by atoms with van der Waals surface area (Å²) in [6.45, 7) is 2.02. The van der Waals surface area contributed by atoms with Crippen LogP contribution in [0.4, 0.5) is 0 Å². The van der Waals surface area contributed by atoms with Gasteiger partial charge in [-0.05, 0) is 36.8 Å². The average molecular weight is 330 g/mol. The van der Waals surface area contributed by atoms with Crippen LogP contribution < -0.4 is 10.3 Å². The molecule has 1 aromatic heterocycles. The summed E-state index contributed by atoms with van der Waals surface area (Å²) in [7, 11) is 0. The molecule has 4 nitrogen and oxygen atoms in total. The molecular weight excluding hydrogens is 314 g/mol.